The summed E-state index contributed by atoms with van der Waals surface area (Å²) >= 11 is 0. The molecule has 6 nitrogen and oxygen atoms in total. The highest BCUT2D eigenvalue weighted by atomic mass is 32.2. The maximum Gasteiger partial charge on any atom is 0.411 e. The maximum atomic E-state index is 13.6. The van der Waals surface area contributed by atoms with Crippen molar-refractivity contribution in [3.8, 4) is 0 Å². The van der Waals surface area contributed by atoms with Crippen LogP contribution in [0, 0.1) is 13.8 Å². The van der Waals surface area contributed by atoms with Crippen LogP contribution in [-0.2, 0) is 10.0 Å². The number of aliphatic hydroxyl groups is 1. The zero-order chi connectivity index (χ0) is 19.9. The van der Waals surface area contributed by atoms with Gasteiger partial charge in [-0.1, -0.05) is 29.3 Å². The highest BCUT2D eigenvalue weighted by Gasteiger charge is 2.50. The Labute approximate surface area is 150 Å². The van der Waals surface area contributed by atoms with Crippen molar-refractivity contribution in [2.75, 3.05) is 13.6 Å². The van der Waals surface area contributed by atoms with Gasteiger partial charge in [0.2, 0.25) is 15.3 Å². The predicted molar refractivity (Wildman–Crippen MR) is 92.2 cm³/mol. The average molecular weight is 387 g/mol. The molecular formula is C15H17BF3N3O3S. The molecule has 0 fully saturated rings. The van der Waals surface area contributed by atoms with E-state index in [0.717, 1.165) is 4.90 Å². The summed E-state index contributed by atoms with van der Waals surface area (Å²) in [7, 11) is 1.81. The zero-order valence-corrected chi connectivity index (χ0v) is 15.1. The highest BCUT2D eigenvalue weighted by Crippen LogP contribution is 2.39. The van der Waals surface area contributed by atoms with E-state index >= 15 is 0 Å². The van der Waals surface area contributed by atoms with Crippen molar-refractivity contribution in [3.05, 3.63) is 46.6 Å². The number of nitrogens with zero attached hydrogens (tertiary/aromatic N) is 2. The second-order valence-corrected chi connectivity index (χ2v) is 7.89. The molecule has 0 saturated heterocycles. The lowest BCUT2D eigenvalue weighted by atomic mass is 10.0. The minimum absolute atomic E-state index is 0.00497. The van der Waals surface area contributed by atoms with Crippen molar-refractivity contribution >= 4 is 23.5 Å². The molecule has 1 aromatic rings. The van der Waals surface area contributed by atoms with Gasteiger partial charge in [-0.2, -0.15) is 13.2 Å². The SMILES string of the molecule is [B]C1=NC(O)=C(NS(=O)(=O)C(c2cc(C)cc(C)c2)C(F)(F)F)N(C)C1. The largest absolute Gasteiger partial charge is 0.491 e. The third-order valence-electron chi connectivity index (χ3n) is 3.64. The van der Waals surface area contributed by atoms with E-state index < -0.39 is 38.7 Å². The van der Waals surface area contributed by atoms with Gasteiger partial charge in [-0.05, 0) is 25.0 Å². The van der Waals surface area contributed by atoms with Crippen molar-refractivity contribution in [2.24, 2.45) is 4.99 Å². The second-order valence-electron chi connectivity index (χ2n) is 6.12. The van der Waals surface area contributed by atoms with E-state index in [4.69, 9.17) is 7.85 Å². The van der Waals surface area contributed by atoms with Crippen LogP contribution in [0.3, 0.4) is 0 Å². The molecule has 1 aliphatic heterocycles. The van der Waals surface area contributed by atoms with Crippen LogP contribution in [0.5, 0.6) is 0 Å². The Morgan fingerprint density at radius 1 is 1.27 bits per heavy atom. The summed E-state index contributed by atoms with van der Waals surface area (Å²) in [6.07, 6.45) is -5.07. The van der Waals surface area contributed by atoms with Crippen LogP contribution in [0.2, 0.25) is 0 Å². The van der Waals surface area contributed by atoms with E-state index in [1.807, 2.05) is 0 Å². The lowest BCUT2D eigenvalue weighted by Crippen LogP contribution is -2.43. The minimum Gasteiger partial charge on any atom is -0.491 e. The van der Waals surface area contributed by atoms with Crippen LogP contribution in [0.15, 0.2) is 34.9 Å². The molecule has 0 aliphatic carbocycles. The van der Waals surface area contributed by atoms with Gasteiger partial charge in [-0.3, -0.25) is 4.72 Å². The molecule has 2 N–H and O–H groups in total. The van der Waals surface area contributed by atoms with Gasteiger partial charge in [0.1, 0.15) is 7.85 Å². The average Bonchev–Trinajstić information content (AvgIpc) is 2.39. The fraction of sp³-hybridized carbons (Fsp3) is 0.400. The number of aryl methyl sites for hydroxylation is 2. The number of sulfonamides is 1. The lowest BCUT2D eigenvalue weighted by molar-refractivity contribution is -0.131. The number of aliphatic hydroxyl groups excluding tert-OH is 1. The van der Waals surface area contributed by atoms with E-state index in [0.29, 0.717) is 11.1 Å². The zero-order valence-electron chi connectivity index (χ0n) is 14.3. The third kappa shape index (κ3) is 4.32. The van der Waals surface area contributed by atoms with Crippen molar-refractivity contribution < 1.29 is 26.7 Å². The van der Waals surface area contributed by atoms with Crippen molar-refractivity contribution in [2.45, 2.75) is 25.3 Å². The Hall–Kier alpha value is -2.17. The monoisotopic (exact) mass is 387 g/mol. The topological polar surface area (TPSA) is 82.0 Å². The van der Waals surface area contributed by atoms with Crippen LogP contribution in [0.1, 0.15) is 21.9 Å². The Balaban J connectivity index is 2.53. The Morgan fingerprint density at radius 3 is 2.27 bits per heavy atom. The molecule has 11 heteroatoms. The van der Waals surface area contributed by atoms with Gasteiger partial charge in [-0.15, -0.1) is 0 Å². The normalized spacial score (nSPS) is 17.2. The molecule has 0 spiro atoms. The van der Waals surface area contributed by atoms with E-state index in [1.165, 1.54) is 19.2 Å². The van der Waals surface area contributed by atoms with E-state index in [-0.39, 0.29) is 12.2 Å². The van der Waals surface area contributed by atoms with Crippen LogP contribution in [0.4, 0.5) is 13.2 Å². The number of hydrogen-bond acceptors (Lipinski definition) is 5. The fourth-order valence-corrected chi connectivity index (χ4v) is 4.22. The quantitative estimate of drug-likeness (QED) is 0.775. The number of hydrogen-bond donors (Lipinski definition) is 2. The summed E-state index contributed by atoms with van der Waals surface area (Å²) in [5.41, 5.74) is 0.580. The number of nitrogens with one attached hydrogen (secondary N) is 1. The van der Waals surface area contributed by atoms with Crippen LogP contribution in [0.25, 0.3) is 0 Å². The van der Waals surface area contributed by atoms with Gasteiger partial charge in [0.05, 0.1) is 0 Å². The molecule has 0 aromatic heterocycles. The smallest absolute Gasteiger partial charge is 0.411 e. The summed E-state index contributed by atoms with van der Waals surface area (Å²) in [6, 6.07) is 3.97. The van der Waals surface area contributed by atoms with Crippen LogP contribution >= 0.6 is 0 Å². The van der Waals surface area contributed by atoms with Crippen LogP contribution in [-0.4, -0.2) is 51.7 Å². The molecule has 26 heavy (non-hydrogen) atoms. The van der Waals surface area contributed by atoms with Gasteiger partial charge in [0.15, 0.2) is 5.82 Å². The Morgan fingerprint density at radius 2 is 1.81 bits per heavy atom. The Kier molecular flexibility index (Phi) is 5.32. The summed E-state index contributed by atoms with van der Waals surface area (Å²) in [4.78, 5) is 4.66. The first-order valence-corrected chi connectivity index (χ1v) is 9.00. The second kappa shape index (κ2) is 6.86. The number of halogens is 3. The molecule has 0 bridgehead atoms. The summed E-state index contributed by atoms with van der Waals surface area (Å²) in [5, 5.41) is 6.96. The van der Waals surface area contributed by atoms with E-state index in [9.17, 15) is 26.7 Å². The molecule has 1 heterocycles. The fourth-order valence-electron chi connectivity index (χ4n) is 2.74. The number of alkyl halides is 3. The van der Waals surface area contributed by atoms with Gasteiger partial charge in [0.25, 0.3) is 5.88 Å². The summed E-state index contributed by atoms with van der Waals surface area (Å²) < 4.78 is 67.8. The predicted octanol–water partition coefficient (Wildman–Crippen LogP) is 2.02. The van der Waals surface area contributed by atoms with Crippen molar-refractivity contribution in [3.63, 3.8) is 0 Å². The van der Waals surface area contributed by atoms with E-state index in [2.05, 4.69) is 4.99 Å². The third-order valence-corrected chi connectivity index (χ3v) is 5.27. The maximum absolute atomic E-state index is 13.6. The first-order chi connectivity index (χ1) is 11.8. The van der Waals surface area contributed by atoms with Crippen LogP contribution < -0.4 is 4.72 Å². The molecule has 0 amide bonds. The molecule has 140 valence electrons. The molecule has 1 unspecified atom stereocenters. The molecule has 0 saturated carbocycles. The Bertz CT molecular complexity index is 862. The lowest BCUT2D eigenvalue weighted by Gasteiger charge is -2.29. The first kappa shape index (κ1) is 20.2. The standard InChI is InChI=1S/C15H17BF3N3O3S/c1-8-4-9(2)6-10(5-8)12(15(17,18)19)26(24,25)21-13-14(23)20-11(16)7-22(13)3/h4-6,12,21,23H,7H2,1-3H3. The molecular weight excluding hydrogens is 370 g/mol. The summed E-state index contributed by atoms with van der Waals surface area (Å²) in [6.45, 7) is 3.09. The van der Waals surface area contributed by atoms with Crippen molar-refractivity contribution in [1.29, 1.82) is 0 Å². The minimum atomic E-state index is -5.07. The van der Waals surface area contributed by atoms with Gasteiger partial charge in [-0.25, -0.2) is 13.4 Å². The highest BCUT2D eigenvalue weighted by molar-refractivity contribution is 7.89. The number of aliphatic imine (C=N–C) groups is 1. The van der Waals surface area contributed by atoms with Gasteiger partial charge < -0.3 is 10.0 Å². The van der Waals surface area contributed by atoms with Gasteiger partial charge >= 0.3 is 6.18 Å². The number of rotatable bonds is 4. The first-order valence-electron chi connectivity index (χ1n) is 7.45. The van der Waals surface area contributed by atoms with Gasteiger partial charge in [0, 0.05) is 13.6 Å². The molecule has 2 radical (unpaired) electrons. The van der Waals surface area contributed by atoms with E-state index in [1.54, 1.807) is 24.6 Å². The molecule has 1 atom stereocenters. The van der Waals surface area contributed by atoms with Crippen molar-refractivity contribution in [1.82, 2.24) is 9.62 Å². The molecule has 1 aromatic carbocycles. The number of benzene rings is 1. The molecule has 1 aliphatic rings. The molecule has 2 rings (SSSR count). The summed E-state index contributed by atoms with van der Waals surface area (Å²) in [5.74, 6) is -1.28.